The molecule has 0 aliphatic heterocycles. The number of benzene rings is 2. The van der Waals surface area contributed by atoms with Crippen LogP contribution in [0.4, 0.5) is 10.7 Å². The number of hydrogen-bond acceptors (Lipinski definition) is 6. The zero-order valence-electron chi connectivity index (χ0n) is 16.2. The molecule has 0 spiro atoms. The van der Waals surface area contributed by atoms with Gasteiger partial charge >= 0.3 is 6.03 Å². The van der Waals surface area contributed by atoms with Gasteiger partial charge in [-0.25, -0.2) is 22.9 Å². The average Bonchev–Trinajstić information content (AvgIpc) is 2.73. The number of ether oxygens (including phenoxy) is 1. The Kier molecular flexibility index (Phi) is 6.42. The van der Waals surface area contributed by atoms with Crippen molar-refractivity contribution in [2.24, 2.45) is 0 Å². The molecule has 3 N–H and O–H groups in total. The number of aromatic nitrogens is 2. The molecular weight excluding hydrogens is 444 g/mol. The molecule has 0 saturated heterocycles. The Morgan fingerprint density at radius 1 is 1.19 bits per heavy atom. The van der Waals surface area contributed by atoms with Crippen LogP contribution in [0.1, 0.15) is 5.56 Å². The second-order valence-electron chi connectivity index (χ2n) is 6.16. The molecule has 0 aliphatic rings. The standard InChI is InChI=1S/C20H17ClN4O5S/c1-3-12-4-9-15(21)17(10-12)31(28,29)25-20(27)24-19-22-16(11-18(26)23-19)13-5-7-14(30-2)8-6-13/h3-11H,1H2,2H3,(H3,22,23,24,25,26,27). The highest BCUT2D eigenvalue weighted by Crippen LogP contribution is 2.23. The molecular formula is C20H17ClN4O5S. The number of carbonyl (C=O) groups excluding carboxylic acids is 1. The maximum atomic E-state index is 12.5. The van der Waals surface area contributed by atoms with Gasteiger partial charge in [0.2, 0.25) is 5.95 Å². The van der Waals surface area contributed by atoms with Crippen LogP contribution in [-0.4, -0.2) is 31.5 Å². The van der Waals surface area contributed by atoms with Crippen LogP contribution < -0.4 is 20.3 Å². The topological polar surface area (TPSA) is 130 Å². The third-order valence-electron chi connectivity index (χ3n) is 4.07. The number of hydrogen-bond donors (Lipinski definition) is 3. The van der Waals surface area contributed by atoms with Gasteiger partial charge in [0.1, 0.15) is 10.6 Å². The lowest BCUT2D eigenvalue weighted by Crippen LogP contribution is -2.35. The largest absolute Gasteiger partial charge is 0.497 e. The number of rotatable bonds is 6. The third kappa shape index (κ3) is 5.30. The molecule has 2 aromatic carbocycles. The molecule has 0 saturated carbocycles. The van der Waals surface area contributed by atoms with Crippen molar-refractivity contribution < 1.29 is 17.9 Å². The van der Waals surface area contributed by atoms with E-state index in [1.807, 2.05) is 4.72 Å². The molecule has 3 rings (SSSR count). The molecule has 0 bridgehead atoms. The van der Waals surface area contributed by atoms with Crippen molar-refractivity contribution in [2.75, 3.05) is 12.4 Å². The molecule has 0 radical (unpaired) electrons. The molecule has 1 aromatic heterocycles. The van der Waals surface area contributed by atoms with Gasteiger partial charge in [-0.1, -0.05) is 30.3 Å². The number of halogens is 1. The van der Waals surface area contributed by atoms with Gasteiger partial charge in [0, 0.05) is 11.6 Å². The molecule has 1 heterocycles. The molecule has 0 fully saturated rings. The molecule has 11 heteroatoms. The van der Waals surface area contributed by atoms with Crippen LogP contribution in [0, 0.1) is 0 Å². The summed E-state index contributed by atoms with van der Waals surface area (Å²) < 4.78 is 32.0. The van der Waals surface area contributed by atoms with Crippen molar-refractivity contribution >= 4 is 39.7 Å². The van der Waals surface area contributed by atoms with Gasteiger partial charge in [-0.3, -0.25) is 15.1 Å². The first kappa shape index (κ1) is 22.1. The predicted molar refractivity (Wildman–Crippen MR) is 118 cm³/mol. The van der Waals surface area contributed by atoms with Crippen LogP contribution >= 0.6 is 11.6 Å². The lowest BCUT2D eigenvalue weighted by molar-refractivity contribution is 0.256. The lowest BCUT2D eigenvalue weighted by Gasteiger charge is -2.10. The number of sulfonamides is 1. The van der Waals surface area contributed by atoms with Crippen molar-refractivity contribution in [1.29, 1.82) is 0 Å². The summed E-state index contributed by atoms with van der Waals surface area (Å²) in [5.41, 5.74) is 0.825. The number of urea groups is 1. The van der Waals surface area contributed by atoms with E-state index < -0.39 is 21.6 Å². The Bertz CT molecular complexity index is 1300. The van der Waals surface area contributed by atoms with Crippen LogP contribution in [0.5, 0.6) is 5.75 Å². The Morgan fingerprint density at radius 2 is 1.90 bits per heavy atom. The molecule has 31 heavy (non-hydrogen) atoms. The summed E-state index contributed by atoms with van der Waals surface area (Å²) in [5, 5.41) is 2.14. The number of carbonyl (C=O) groups is 1. The normalized spacial score (nSPS) is 10.9. The van der Waals surface area contributed by atoms with E-state index in [-0.39, 0.29) is 21.6 Å². The minimum Gasteiger partial charge on any atom is -0.497 e. The van der Waals surface area contributed by atoms with Crippen molar-refractivity contribution in [1.82, 2.24) is 14.7 Å². The first-order valence-electron chi connectivity index (χ1n) is 8.73. The van der Waals surface area contributed by atoms with Crippen LogP contribution in [0.2, 0.25) is 5.02 Å². The van der Waals surface area contributed by atoms with E-state index in [9.17, 15) is 18.0 Å². The Balaban J connectivity index is 1.82. The molecule has 160 valence electrons. The van der Waals surface area contributed by atoms with Crippen LogP contribution in [0.15, 0.2) is 64.8 Å². The van der Waals surface area contributed by atoms with Crippen LogP contribution in [0.25, 0.3) is 17.3 Å². The third-order valence-corrected chi connectivity index (χ3v) is 5.88. The first-order valence-corrected chi connectivity index (χ1v) is 10.6. The number of amides is 2. The number of H-pyrrole nitrogens is 1. The fraction of sp³-hybridized carbons (Fsp3) is 0.0500. The maximum Gasteiger partial charge on any atom is 0.335 e. The summed E-state index contributed by atoms with van der Waals surface area (Å²) in [6.07, 6.45) is 1.44. The molecule has 0 aliphatic carbocycles. The Labute approximate surface area is 182 Å². The average molecular weight is 461 g/mol. The summed E-state index contributed by atoms with van der Waals surface area (Å²) in [6.45, 7) is 3.57. The summed E-state index contributed by atoms with van der Waals surface area (Å²) in [5.74, 6) is 0.382. The number of nitrogens with zero attached hydrogens (tertiary/aromatic N) is 1. The van der Waals surface area contributed by atoms with Crippen molar-refractivity contribution in [3.05, 3.63) is 76.0 Å². The van der Waals surface area contributed by atoms with E-state index >= 15 is 0 Å². The van der Waals surface area contributed by atoms with Gasteiger partial charge in [-0.05, 0) is 42.0 Å². The highest BCUT2D eigenvalue weighted by Gasteiger charge is 2.21. The molecule has 0 unspecified atom stereocenters. The van der Waals surface area contributed by atoms with Crippen molar-refractivity contribution in [2.45, 2.75) is 4.90 Å². The lowest BCUT2D eigenvalue weighted by atomic mass is 10.1. The summed E-state index contributed by atoms with van der Waals surface area (Å²) in [6, 6.07) is 11.1. The van der Waals surface area contributed by atoms with Gasteiger partial charge in [0.25, 0.3) is 15.6 Å². The Hall–Kier alpha value is -3.63. The van der Waals surface area contributed by atoms with E-state index in [1.165, 1.54) is 31.4 Å². The van der Waals surface area contributed by atoms with Gasteiger partial charge < -0.3 is 4.74 Å². The fourth-order valence-corrected chi connectivity index (χ4v) is 4.03. The highest BCUT2D eigenvalue weighted by atomic mass is 35.5. The SMILES string of the molecule is C=Cc1ccc(Cl)c(S(=O)(=O)NC(=O)Nc2nc(-c3ccc(OC)cc3)cc(=O)[nH]2)c1. The van der Waals surface area contributed by atoms with Gasteiger partial charge in [0.05, 0.1) is 17.8 Å². The second-order valence-corrected chi connectivity index (χ2v) is 8.22. The maximum absolute atomic E-state index is 12.5. The summed E-state index contributed by atoms with van der Waals surface area (Å²) in [4.78, 5) is 30.4. The number of methoxy groups -OCH3 is 1. The van der Waals surface area contributed by atoms with Gasteiger partial charge in [-0.15, -0.1) is 0 Å². The number of aromatic amines is 1. The van der Waals surface area contributed by atoms with Crippen molar-refractivity contribution in [3.8, 4) is 17.0 Å². The summed E-state index contributed by atoms with van der Waals surface area (Å²) in [7, 11) is -2.77. The van der Waals surface area contributed by atoms with Crippen LogP contribution in [0.3, 0.4) is 0 Å². The smallest absolute Gasteiger partial charge is 0.335 e. The molecule has 3 aromatic rings. The fourth-order valence-electron chi connectivity index (χ4n) is 2.59. The number of nitrogens with one attached hydrogen (secondary N) is 3. The van der Waals surface area contributed by atoms with Gasteiger partial charge in [0.15, 0.2) is 0 Å². The van der Waals surface area contributed by atoms with E-state index in [0.29, 0.717) is 16.9 Å². The zero-order chi connectivity index (χ0) is 22.6. The second kappa shape index (κ2) is 9.02. The quantitative estimate of drug-likeness (QED) is 0.517. The van der Waals surface area contributed by atoms with E-state index in [4.69, 9.17) is 16.3 Å². The van der Waals surface area contributed by atoms with E-state index in [1.54, 1.807) is 30.3 Å². The van der Waals surface area contributed by atoms with Crippen molar-refractivity contribution in [3.63, 3.8) is 0 Å². The summed E-state index contributed by atoms with van der Waals surface area (Å²) >= 11 is 5.96. The number of anilines is 1. The minimum absolute atomic E-state index is 0.0704. The van der Waals surface area contributed by atoms with E-state index in [0.717, 1.165) is 0 Å². The Morgan fingerprint density at radius 3 is 2.55 bits per heavy atom. The molecule has 2 amide bonds. The zero-order valence-corrected chi connectivity index (χ0v) is 17.8. The minimum atomic E-state index is -4.30. The molecule has 9 nitrogen and oxygen atoms in total. The van der Waals surface area contributed by atoms with Gasteiger partial charge in [-0.2, -0.15) is 0 Å². The van der Waals surface area contributed by atoms with E-state index in [2.05, 4.69) is 21.9 Å². The van der Waals surface area contributed by atoms with Crippen LogP contribution in [-0.2, 0) is 10.0 Å². The monoisotopic (exact) mass is 460 g/mol. The predicted octanol–water partition coefficient (Wildman–Crippen LogP) is 3.25. The molecule has 0 atom stereocenters. The highest BCUT2D eigenvalue weighted by molar-refractivity contribution is 7.90. The first-order chi connectivity index (χ1) is 14.7.